The predicted molar refractivity (Wildman–Crippen MR) is 98.0 cm³/mol. The molecule has 5 heteroatoms. The molecule has 0 aliphatic carbocycles. The molecule has 128 valence electrons. The van der Waals surface area contributed by atoms with Gasteiger partial charge >= 0.3 is 0 Å². The van der Waals surface area contributed by atoms with Crippen LogP contribution in [0.1, 0.15) is 18.4 Å². The number of aromatic nitrogens is 3. The molecule has 1 aliphatic rings. The summed E-state index contributed by atoms with van der Waals surface area (Å²) in [5, 5.41) is 10.2. The smallest absolute Gasteiger partial charge is 0.140 e. The fraction of sp³-hybridized carbons (Fsp3) is 0.300. The van der Waals surface area contributed by atoms with Crippen molar-refractivity contribution in [2.24, 2.45) is 0 Å². The summed E-state index contributed by atoms with van der Waals surface area (Å²) in [5.41, 5.74) is 0.972. The molecular formula is C20H22N4O. The summed E-state index contributed by atoms with van der Waals surface area (Å²) < 4.78 is 1.91. The Morgan fingerprint density at radius 1 is 1.04 bits per heavy atom. The van der Waals surface area contributed by atoms with Gasteiger partial charge in [-0.1, -0.05) is 36.4 Å². The lowest BCUT2D eigenvalue weighted by Gasteiger charge is -2.42. The standard InChI is InChI=1S/C20H22N4O/c25-15-20(17-6-2-1-3-7-17)10-5-12-23(14-20)18-8-4-9-19(22-18)24-13-11-21-16-24/h1-4,6-9,11,13,16,25H,5,10,12,14-15H2. The highest BCUT2D eigenvalue weighted by molar-refractivity contribution is 5.45. The number of hydrogen-bond acceptors (Lipinski definition) is 4. The molecule has 1 saturated heterocycles. The first-order valence-corrected chi connectivity index (χ1v) is 8.67. The number of pyridine rings is 1. The second-order valence-corrected chi connectivity index (χ2v) is 6.65. The van der Waals surface area contributed by atoms with Gasteiger partial charge < -0.3 is 10.0 Å². The molecule has 5 nitrogen and oxygen atoms in total. The number of rotatable bonds is 4. The van der Waals surface area contributed by atoms with E-state index >= 15 is 0 Å². The lowest BCUT2D eigenvalue weighted by molar-refractivity contribution is 0.172. The molecule has 2 aromatic heterocycles. The number of imidazole rings is 1. The topological polar surface area (TPSA) is 54.2 Å². The molecule has 0 saturated carbocycles. The minimum absolute atomic E-state index is 0.148. The van der Waals surface area contributed by atoms with E-state index in [1.165, 1.54) is 5.56 Å². The molecule has 1 fully saturated rings. The largest absolute Gasteiger partial charge is 0.395 e. The van der Waals surface area contributed by atoms with Crippen molar-refractivity contribution in [3.05, 3.63) is 72.8 Å². The Kier molecular flexibility index (Phi) is 4.24. The molecule has 1 N–H and O–H groups in total. The molecule has 25 heavy (non-hydrogen) atoms. The molecule has 1 aliphatic heterocycles. The lowest BCUT2D eigenvalue weighted by atomic mass is 9.75. The average Bonchev–Trinajstić information content (AvgIpc) is 3.24. The van der Waals surface area contributed by atoms with E-state index < -0.39 is 0 Å². The zero-order valence-corrected chi connectivity index (χ0v) is 14.1. The summed E-state index contributed by atoms with van der Waals surface area (Å²) in [6.07, 6.45) is 7.42. The van der Waals surface area contributed by atoms with Crippen molar-refractivity contribution in [1.29, 1.82) is 0 Å². The first-order valence-electron chi connectivity index (χ1n) is 8.67. The molecule has 0 amide bonds. The Balaban J connectivity index is 1.64. The summed E-state index contributed by atoms with van der Waals surface area (Å²) in [4.78, 5) is 11.2. The Hall–Kier alpha value is -2.66. The van der Waals surface area contributed by atoms with E-state index in [2.05, 4.69) is 22.0 Å². The van der Waals surface area contributed by atoms with Crippen molar-refractivity contribution < 1.29 is 5.11 Å². The summed E-state index contributed by atoms with van der Waals surface area (Å²) in [6, 6.07) is 16.4. The molecule has 0 spiro atoms. The average molecular weight is 334 g/mol. The van der Waals surface area contributed by atoms with Crippen LogP contribution >= 0.6 is 0 Å². The minimum Gasteiger partial charge on any atom is -0.395 e. The Morgan fingerprint density at radius 3 is 2.64 bits per heavy atom. The molecule has 1 unspecified atom stereocenters. The molecule has 4 rings (SSSR count). The second kappa shape index (κ2) is 6.69. The van der Waals surface area contributed by atoms with Crippen LogP contribution in [0.2, 0.25) is 0 Å². The third-order valence-electron chi connectivity index (χ3n) is 5.08. The van der Waals surface area contributed by atoms with Gasteiger partial charge in [0, 0.05) is 30.9 Å². The SMILES string of the molecule is OCC1(c2ccccc2)CCCN(c2cccc(-n3ccnc3)n2)C1. The summed E-state index contributed by atoms with van der Waals surface area (Å²) in [6.45, 7) is 1.87. The number of benzene rings is 1. The van der Waals surface area contributed by atoms with Crippen LogP contribution in [-0.2, 0) is 5.41 Å². The van der Waals surface area contributed by atoms with Gasteiger partial charge in [-0.15, -0.1) is 0 Å². The van der Waals surface area contributed by atoms with Crippen molar-refractivity contribution in [3.63, 3.8) is 0 Å². The maximum absolute atomic E-state index is 10.2. The van der Waals surface area contributed by atoms with E-state index in [9.17, 15) is 5.11 Å². The van der Waals surface area contributed by atoms with Crippen LogP contribution in [0.4, 0.5) is 5.82 Å². The Morgan fingerprint density at radius 2 is 1.88 bits per heavy atom. The van der Waals surface area contributed by atoms with Gasteiger partial charge in [-0.05, 0) is 30.5 Å². The van der Waals surface area contributed by atoms with Crippen molar-refractivity contribution in [1.82, 2.24) is 14.5 Å². The van der Waals surface area contributed by atoms with Crippen LogP contribution in [0.3, 0.4) is 0 Å². The van der Waals surface area contributed by atoms with Crippen molar-refractivity contribution in [3.8, 4) is 5.82 Å². The van der Waals surface area contributed by atoms with Gasteiger partial charge in [0.1, 0.15) is 18.0 Å². The summed E-state index contributed by atoms with van der Waals surface area (Å²) in [7, 11) is 0. The zero-order valence-electron chi connectivity index (χ0n) is 14.1. The van der Waals surface area contributed by atoms with Gasteiger partial charge in [-0.3, -0.25) is 4.57 Å². The fourth-order valence-corrected chi connectivity index (χ4v) is 3.70. The maximum Gasteiger partial charge on any atom is 0.140 e. The predicted octanol–water partition coefficient (Wildman–Crippen LogP) is 2.80. The van der Waals surface area contributed by atoms with Gasteiger partial charge in [-0.2, -0.15) is 0 Å². The fourth-order valence-electron chi connectivity index (χ4n) is 3.70. The van der Waals surface area contributed by atoms with E-state index in [1.807, 2.05) is 47.2 Å². The Bertz CT molecular complexity index is 819. The maximum atomic E-state index is 10.2. The highest BCUT2D eigenvalue weighted by Crippen LogP contribution is 2.35. The van der Waals surface area contributed by atoms with Gasteiger partial charge in [0.05, 0.1) is 6.61 Å². The molecule has 3 heterocycles. The van der Waals surface area contributed by atoms with Crippen LogP contribution in [0.15, 0.2) is 67.3 Å². The highest BCUT2D eigenvalue weighted by atomic mass is 16.3. The normalized spacial score (nSPS) is 20.6. The third-order valence-corrected chi connectivity index (χ3v) is 5.08. The van der Waals surface area contributed by atoms with Gasteiger partial charge in [0.2, 0.25) is 0 Å². The number of hydrogen-bond donors (Lipinski definition) is 1. The molecular weight excluding hydrogens is 312 g/mol. The van der Waals surface area contributed by atoms with Crippen LogP contribution < -0.4 is 4.90 Å². The number of piperidine rings is 1. The highest BCUT2D eigenvalue weighted by Gasteiger charge is 2.37. The van der Waals surface area contributed by atoms with Crippen LogP contribution in [0.5, 0.6) is 0 Å². The number of anilines is 1. The first kappa shape index (κ1) is 15.8. The van der Waals surface area contributed by atoms with Crippen LogP contribution in [0, 0.1) is 0 Å². The Labute approximate surface area is 147 Å². The monoisotopic (exact) mass is 334 g/mol. The zero-order chi connectivity index (χ0) is 17.1. The van der Waals surface area contributed by atoms with E-state index in [0.717, 1.165) is 37.6 Å². The minimum atomic E-state index is -0.230. The van der Waals surface area contributed by atoms with Crippen molar-refractivity contribution in [2.45, 2.75) is 18.3 Å². The first-order chi connectivity index (χ1) is 12.3. The number of aliphatic hydroxyl groups is 1. The van der Waals surface area contributed by atoms with E-state index in [-0.39, 0.29) is 12.0 Å². The number of nitrogens with zero attached hydrogens (tertiary/aromatic N) is 4. The van der Waals surface area contributed by atoms with Crippen LogP contribution in [-0.4, -0.2) is 39.3 Å². The van der Waals surface area contributed by atoms with Crippen molar-refractivity contribution >= 4 is 5.82 Å². The van der Waals surface area contributed by atoms with Crippen molar-refractivity contribution in [2.75, 3.05) is 24.6 Å². The van der Waals surface area contributed by atoms with Gasteiger partial charge in [-0.25, -0.2) is 9.97 Å². The lowest BCUT2D eigenvalue weighted by Crippen LogP contribution is -2.48. The van der Waals surface area contributed by atoms with E-state index in [1.54, 1.807) is 12.5 Å². The second-order valence-electron chi connectivity index (χ2n) is 6.65. The number of aliphatic hydroxyl groups excluding tert-OH is 1. The summed E-state index contributed by atoms with van der Waals surface area (Å²) in [5.74, 6) is 1.80. The molecule has 1 atom stereocenters. The molecule has 0 radical (unpaired) electrons. The van der Waals surface area contributed by atoms with Gasteiger partial charge in [0.15, 0.2) is 0 Å². The third kappa shape index (κ3) is 3.03. The van der Waals surface area contributed by atoms with E-state index in [4.69, 9.17) is 4.98 Å². The van der Waals surface area contributed by atoms with Gasteiger partial charge in [0.25, 0.3) is 0 Å². The molecule has 3 aromatic rings. The summed E-state index contributed by atoms with van der Waals surface area (Å²) >= 11 is 0. The van der Waals surface area contributed by atoms with E-state index in [0.29, 0.717) is 0 Å². The quantitative estimate of drug-likeness (QED) is 0.797. The molecule has 1 aromatic carbocycles. The van der Waals surface area contributed by atoms with Crippen LogP contribution in [0.25, 0.3) is 5.82 Å². The molecule has 0 bridgehead atoms.